The number of methoxy groups -OCH3 is 1. The summed E-state index contributed by atoms with van der Waals surface area (Å²) < 4.78 is 17.4. The minimum atomic E-state index is -0.275. The maximum Gasteiger partial charge on any atom is 0.255 e. The number of benzene rings is 2. The number of carbonyl (C=O) groups is 2. The van der Waals surface area contributed by atoms with E-state index in [-0.39, 0.29) is 24.6 Å². The van der Waals surface area contributed by atoms with Gasteiger partial charge in [-0.2, -0.15) is 5.10 Å². The van der Waals surface area contributed by atoms with E-state index in [4.69, 9.17) is 14.2 Å². The smallest absolute Gasteiger partial charge is 0.255 e. The summed E-state index contributed by atoms with van der Waals surface area (Å²) in [6.07, 6.45) is 3.10. The molecule has 3 heterocycles. The Bertz CT molecular complexity index is 1530. The van der Waals surface area contributed by atoms with Crippen molar-refractivity contribution < 1.29 is 23.8 Å². The van der Waals surface area contributed by atoms with Gasteiger partial charge in [-0.3, -0.25) is 9.59 Å². The minimum Gasteiger partial charge on any atom is -0.454 e. The molecular formula is C27H28N6O5. The molecule has 0 aliphatic carbocycles. The summed E-state index contributed by atoms with van der Waals surface area (Å²) in [5.41, 5.74) is 4.65. The Morgan fingerprint density at radius 1 is 1.11 bits per heavy atom. The average molecular weight is 517 g/mol. The number of nitrogens with zero attached hydrogens (tertiary/aromatic N) is 3. The zero-order valence-corrected chi connectivity index (χ0v) is 21.5. The van der Waals surface area contributed by atoms with Gasteiger partial charge in [-0.1, -0.05) is 6.07 Å². The molecule has 11 heteroatoms. The number of anilines is 3. The molecule has 0 bridgehead atoms. The molecular weight excluding hydrogens is 488 g/mol. The molecule has 11 nitrogen and oxygen atoms in total. The van der Waals surface area contributed by atoms with Crippen LogP contribution in [-0.4, -0.2) is 53.0 Å². The molecule has 0 unspecified atom stereocenters. The average Bonchev–Trinajstić information content (AvgIpc) is 3.50. The minimum absolute atomic E-state index is 0.142. The second kappa shape index (κ2) is 10.4. The number of hydrogen-bond acceptors (Lipinski definition) is 8. The van der Waals surface area contributed by atoms with Gasteiger partial charge in [-0.15, -0.1) is 0 Å². The predicted molar refractivity (Wildman–Crippen MR) is 142 cm³/mol. The molecule has 1 aliphatic rings. The van der Waals surface area contributed by atoms with E-state index in [0.29, 0.717) is 46.3 Å². The highest BCUT2D eigenvalue weighted by Crippen LogP contribution is 2.33. The number of amides is 2. The zero-order chi connectivity index (χ0) is 26.8. The van der Waals surface area contributed by atoms with Crippen molar-refractivity contribution in [2.24, 2.45) is 0 Å². The molecule has 1 aliphatic heterocycles. The van der Waals surface area contributed by atoms with Crippen LogP contribution in [0.5, 0.6) is 11.5 Å². The second-order valence-corrected chi connectivity index (χ2v) is 9.08. The van der Waals surface area contributed by atoms with Gasteiger partial charge in [0.25, 0.3) is 11.8 Å². The van der Waals surface area contributed by atoms with Crippen molar-refractivity contribution in [2.75, 3.05) is 31.1 Å². The molecule has 4 aromatic rings. The summed E-state index contributed by atoms with van der Waals surface area (Å²) in [4.78, 5) is 30.2. The van der Waals surface area contributed by atoms with Gasteiger partial charge in [0.05, 0.1) is 12.2 Å². The van der Waals surface area contributed by atoms with Crippen LogP contribution in [-0.2, 0) is 4.74 Å². The maximum absolute atomic E-state index is 12.9. The lowest BCUT2D eigenvalue weighted by atomic mass is 10.1. The second-order valence-electron chi connectivity index (χ2n) is 9.08. The normalized spacial score (nSPS) is 12.8. The molecule has 2 aromatic heterocycles. The van der Waals surface area contributed by atoms with E-state index in [1.165, 1.54) is 6.33 Å². The van der Waals surface area contributed by atoms with E-state index in [0.717, 1.165) is 16.8 Å². The van der Waals surface area contributed by atoms with Gasteiger partial charge in [0.2, 0.25) is 6.79 Å². The summed E-state index contributed by atoms with van der Waals surface area (Å²) in [6, 6.07) is 10.5. The highest BCUT2D eigenvalue weighted by Gasteiger charge is 2.20. The molecule has 0 radical (unpaired) electrons. The predicted octanol–water partition coefficient (Wildman–Crippen LogP) is 3.84. The SMILES string of the molecule is COC[C@H](C)NC(=O)c1cn2ncnc(Nc3cc(NC(=O)c4ccc5c(c4)OCO5)ccc3C)c2c1C. The third-order valence-electron chi connectivity index (χ3n) is 6.25. The monoisotopic (exact) mass is 516 g/mol. The number of hydrogen-bond donors (Lipinski definition) is 3. The zero-order valence-electron chi connectivity index (χ0n) is 21.5. The number of carbonyl (C=O) groups excluding carboxylic acids is 2. The maximum atomic E-state index is 12.9. The molecule has 2 amide bonds. The summed E-state index contributed by atoms with van der Waals surface area (Å²) in [5.74, 6) is 1.20. The molecule has 0 saturated carbocycles. The molecule has 0 saturated heterocycles. The van der Waals surface area contributed by atoms with Gasteiger partial charge in [0, 0.05) is 36.3 Å². The van der Waals surface area contributed by atoms with Crippen LogP contribution < -0.4 is 25.4 Å². The number of aromatic nitrogens is 3. The first-order chi connectivity index (χ1) is 18.3. The first-order valence-electron chi connectivity index (χ1n) is 12.1. The van der Waals surface area contributed by atoms with Crippen molar-refractivity contribution in [3.05, 3.63) is 71.2 Å². The van der Waals surface area contributed by atoms with Crippen LogP contribution in [0, 0.1) is 13.8 Å². The van der Waals surface area contributed by atoms with Crippen LogP contribution >= 0.6 is 0 Å². The molecule has 196 valence electrons. The first-order valence-corrected chi connectivity index (χ1v) is 12.1. The van der Waals surface area contributed by atoms with Crippen LogP contribution in [0.15, 0.2) is 48.9 Å². The fourth-order valence-corrected chi connectivity index (χ4v) is 4.28. The third kappa shape index (κ3) is 4.96. The molecule has 0 spiro atoms. The fourth-order valence-electron chi connectivity index (χ4n) is 4.28. The summed E-state index contributed by atoms with van der Waals surface area (Å²) >= 11 is 0. The Labute approximate surface area is 219 Å². The van der Waals surface area contributed by atoms with E-state index < -0.39 is 0 Å². The van der Waals surface area contributed by atoms with Crippen molar-refractivity contribution in [1.82, 2.24) is 19.9 Å². The molecule has 5 rings (SSSR count). The molecule has 0 fully saturated rings. The lowest BCUT2D eigenvalue weighted by Crippen LogP contribution is -2.35. The van der Waals surface area contributed by atoms with Crippen LogP contribution in [0.4, 0.5) is 17.2 Å². The summed E-state index contributed by atoms with van der Waals surface area (Å²) in [7, 11) is 1.59. The van der Waals surface area contributed by atoms with E-state index >= 15 is 0 Å². The lowest BCUT2D eigenvalue weighted by molar-refractivity contribution is 0.0904. The fraction of sp³-hybridized carbons (Fsp3) is 0.259. The Morgan fingerprint density at radius 2 is 1.92 bits per heavy atom. The quantitative estimate of drug-likeness (QED) is 0.322. The standard InChI is InChI=1S/C27H28N6O5/c1-15-5-7-19(31-26(34)18-6-8-22-23(9-18)38-14-37-22)10-21(15)32-25-24-17(3)20(11-33(24)29-13-28-25)27(35)30-16(2)12-36-4/h5-11,13,16H,12,14H2,1-4H3,(H,30,35)(H,31,34)(H,28,29,32)/t16-/m0/s1. The largest absolute Gasteiger partial charge is 0.454 e. The number of rotatable bonds is 8. The van der Waals surface area contributed by atoms with Crippen molar-refractivity contribution in [3.63, 3.8) is 0 Å². The Kier molecular flexibility index (Phi) is 6.84. The first kappa shape index (κ1) is 25.0. The number of fused-ring (bicyclic) bond motifs is 2. The lowest BCUT2D eigenvalue weighted by Gasteiger charge is -2.13. The molecule has 2 aromatic carbocycles. The van der Waals surface area contributed by atoms with Gasteiger partial charge in [0.1, 0.15) is 11.8 Å². The van der Waals surface area contributed by atoms with Crippen molar-refractivity contribution in [1.29, 1.82) is 0 Å². The highest BCUT2D eigenvalue weighted by molar-refractivity contribution is 6.05. The van der Waals surface area contributed by atoms with E-state index in [2.05, 4.69) is 26.0 Å². The topological polar surface area (TPSA) is 128 Å². The van der Waals surface area contributed by atoms with Gasteiger partial charge < -0.3 is 30.2 Å². The number of nitrogens with one attached hydrogen (secondary N) is 3. The summed E-state index contributed by atoms with van der Waals surface area (Å²) in [5, 5.41) is 13.5. The van der Waals surface area contributed by atoms with Crippen LogP contribution in [0.25, 0.3) is 5.52 Å². The molecule has 1 atom stereocenters. The Hall–Kier alpha value is -4.64. The van der Waals surface area contributed by atoms with Crippen LogP contribution in [0.2, 0.25) is 0 Å². The van der Waals surface area contributed by atoms with Crippen molar-refractivity contribution in [2.45, 2.75) is 26.8 Å². The van der Waals surface area contributed by atoms with Gasteiger partial charge in [-0.25, -0.2) is 9.50 Å². The number of aryl methyl sites for hydroxylation is 2. The van der Waals surface area contributed by atoms with E-state index in [9.17, 15) is 9.59 Å². The summed E-state index contributed by atoms with van der Waals surface area (Å²) in [6.45, 7) is 6.23. The van der Waals surface area contributed by atoms with Crippen molar-refractivity contribution in [3.8, 4) is 11.5 Å². The third-order valence-corrected chi connectivity index (χ3v) is 6.25. The van der Waals surface area contributed by atoms with Crippen LogP contribution in [0.1, 0.15) is 38.8 Å². The molecule has 3 N–H and O–H groups in total. The Balaban J connectivity index is 1.38. The van der Waals surface area contributed by atoms with E-state index in [1.54, 1.807) is 36.0 Å². The van der Waals surface area contributed by atoms with Gasteiger partial charge in [-0.05, 0) is 62.2 Å². The van der Waals surface area contributed by atoms with Crippen LogP contribution in [0.3, 0.4) is 0 Å². The Morgan fingerprint density at radius 3 is 2.74 bits per heavy atom. The highest BCUT2D eigenvalue weighted by atomic mass is 16.7. The van der Waals surface area contributed by atoms with Crippen molar-refractivity contribution >= 4 is 34.5 Å². The van der Waals surface area contributed by atoms with Gasteiger partial charge in [0.15, 0.2) is 17.3 Å². The number of ether oxygens (including phenoxy) is 3. The van der Waals surface area contributed by atoms with E-state index in [1.807, 2.05) is 39.0 Å². The van der Waals surface area contributed by atoms with Gasteiger partial charge >= 0.3 is 0 Å². The molecule has 38 heavy (non-hydrogen) atoms.